The first-order valence-corrected chi connectivity index (χ1v) is 9.65. The van der Waals surface area contributed by atoms with Gasteiger partial charge in [-0.05, 0) is 36.8 Å². The van der Waals surface area contributed by atoms with Crippen LogP contribution in [-0.2, 0) is 10.0 Å². The molecule has 0 bridgehead atoms. The Labute approximate surface area is 148 Å². The average molecular weight is 361 g/mol. The minimum atomic E-state index is -3.44. The van der Waals surface area contributed by atoms with E-state index in [2.05, 4.69) is 15.1 Å². The maximum absolute atomic E-state index is 12.8. The maximum Gasteiger partial charge on any atom is 0.243 e. The van der Waals surface area contributed by atoms with Crippen molar-refractivity contribution >= 4 is 21.7 Å². The monoisotopic (exact) mass is 361 g/mol. The van der Waals surface area contributed by atoms with Crippen molar-refractivity contribution in [2.24, 2.45) is 0 Å². The number of hydrogen-bond donors (Lipinski definition) is 0. The molecule has 0 unspecified atom stereocenters. The summed E-state index contributed by atoms with van der Waals surface area (Å²) in [6, 6.07) is 10.9. The Hall–Kier alpha value is -2.19. The summed E-state index contributed by atoms with van der Waals surface area (Å²) < 4.78 is 27.1. The Bertz CT molecular complexity index is 828. The van der Waals surface area contributed by atoms with Crippen LogP contribution in [0.5, 0.6) is 0 Å². The fraction of sp³-hybridized carbons (Fsp3) is 0.412. The second-order valence-corrected chi connectivity index (χ2v) is 8.29. The van der Waals surface area contributed by atoms with Crippen molar-refractivity contribution in [3.63, 3.8) is 0 Å². The minimum absolute atomic E-state index is 0.357. The second-order valence-electron chi connectivity index (χ2n) is 6.35. The van der Waals surface area contributed by atoms with Crippen LogP contribution in [-0.4, -0.2) is 63.2 Å². The third-order valence-electron chi connectivity index (χ3n) is 4.28. The third kappa shape index (κ3) is 3.74. The van der Waals surface area contributed by atoms with E-state index in [0.29, 0.717) is 31.1 Å². The minimum Gasteiger partial charge on any atom is -0.361 e. The van der Waals surface area contributed by atoms with E-state index in [-0.39, 0.29) is 0 Å². The van der Waals surface area contributed by atoms with Gasteiger partial charge in [0.25, 0.3) is 0 Å². The van der Waals surface area contributed by atoms with E-state index in [9.17, 15) is 8.42 Å². The van der Waals surface area contributed by atoms with E-state index >= 15 is 0 Å². The quantitative estimate of drug-likeness (QED) is 0.819. The molecule has 7 nitrogen and oxygen atoms in total. The van der Waals surface area contributed by atoms with Crippen molar-refractivity contribution in [2.75, 3.05) is 50.1 Å². The number of piperazine rings is 1. The number of sulfonamides is 1. The Morgan fingerprint density at radius 2 is 1.72 bits per heavy atom. The summed E-state index contributed by atoms with van der Waals surface area (Å²) in [6.45, 7) is 3.97. The second kappa shape index (κ2) is 6.97. The number of hydrogen-bond acceptors (Lipinski definition) is 6. The first-order valence-electron chi connectivity index (χ1n) is 8.21. The first-order chi connectivity index (χ1) is 11.9. The third-order valence-corrected chi connectivity index (χ3v) is 6.18. The summed E-state index contributed by atoms with van der Waals surface area (Å²) in [4.78, 5) is 4.31. The van der Waals surface area contributed by atoms with Gasteiger partial charge in [0.1, 0.15) is 0 Å². The van der Waals surface area contributed by atoms with Crippen LogP contribution >= 0.6 is 0 Å². The molecule has 2 aromatic rings. The molecule has 0 N–H and O–H groups in total. The van der Waals surface area contributed by atoms with E-state index < -0.39 is 10.0 Å². The van der Waals surface area contributed by atoms with Gasteiger partial charge in [0.2, 0.25) is 10.0 Å². The van der Waals surface area contributed by atoms with Gasteiger partial charge in [0, 0.05) is 40.3 Å². The molecule has 134 valence electrons. The van der Waals surface area contributed by atoms with Gasteiger partial charge in [-0.1, -0.05) is 12.1 Å². The molecule has 8 heteroatoms. The summed E-state index contributed by atoms with van der Waals surface area (Å²) in [5.74, 6) is 1.57. The number of aryl methyl sites for hydroxylation is 1. The van der Waals surface area contributed by atoms with E-state index in [4.69, 9.17) is 0 Å². The molecule has 0 aliphatic carbocycles. The molecule has 1 aliphatic rings. The van der Waals surface area contributed by atoms with Gasteiger partial charge >= 0.3 is 0 Å². The molecule has 0 amide bonds. The Balaban J connectivity index is 1.69. The van der Waals surface area contributed by atoms with Gasteiger partial charge in [-0.2, -0.15) is 4.31 Å². The van der Waals surface area contributed by atoms with E-state index in [0.717, 1.165) is 17.2 Å². The summed E-state index contributed by atoms with van der Waals surface area (Å²) in [6.07, 6.45) is 0. The summed E-state index contributed by atoms with van der Waals surface area (Å²) in [7, 11) is 0.386. The van der Waals surface area contributed by atoms with Gasteiger partial charge in [-0.15, -0.1) is 10.2 Å². The number of benzene rings is 1. The lowest BCUT2D eigenvalue weighted by Gasteiger charge is -2.34. The molecule has 1 aromatic carbocycles. The molecule has 1 aliphatic heterocycles. The standard InChI is InChI=1S/C17H23N5O2S/c1-14-5-4-6-15(13-14)25(23,24)22-11-9-21(10-12-22)17-8-7-16(18-19-17)20(2)3/h4-8,13H,9-12H2,1-3H3. The van der Waals surface area contributed by atoms with Gasteiger partial charge in [0.15, 0.2) is 11.6 Å². The van der Waals surface area contributed by atoms with Crippen LogP contribution in [0.4, 0.5) is 11.6 Å². The summed E-state index contributed by atoms with van der Waals surface area (Å²) in [5, 5.41) is 8.43. The van der Waals surface area contributed by atoms with Gasteiger partial charge < -0.3 is 9.80 Å². The molecule has 25 heavy (non-hydrogen) atoms. The van der Waals surface area contributed by atoms with Crippen molar-refractivity contribution in [2.45, 2.75) is 11.8 Å². The Morgan fingerprint density at radius 3 is 2.28 bits per heavy atom. The van der Waals surface area contributed by atoms with Crippen LogP contribution < -0.4 is 9.80 Å². The van der Waals surface area contributed by atoms with Crippen LogP contribution in [0.2, 0.25) is 0 Å². The lowest BCUT2D eigenvalue weighted by Crippen LogP contribution is -2.49. The average Bonchev–Trinajstić information content (AvgIpc) is 2.62. The highest BCUT2D eigenvalue weighted by atomic mass is 32.2. The fourth-order valence-corrected chi connectivity index (χ4v) is 4.34. The van der Waals surface area contributed by atoms with Gasteiger partial charge in [-0.3, -0.25) is 0 Å². The zero-order chi connectivity index (χ0) is 18.0. The fourth-order valence-electron chi connectivity index (χ4n) is 2.81. The molecule has 0 saturated carbocycles. The summed E-state index contributed by atoms with van der Waals surface area (Å²) >= 11 is 0. The van der Waals surface area contributed by atoms with E-state index in [1.165, 1.54) is 0 Å². The highest BCUT2D eigenvalue weighted by Crippen LogP contribution is 2.21. The molecular formula is C17H23N5O2S. The molecule has 1 fully saturated rings. The smallest absolute Gasteiger partial charge is 0.243 e. The number of aromatic nitrogens is 2. The van der Waals surface area contributed by atoms with Gasteiger partial charge in [-0.25, -0.2) is 8.42 Å². The Kier molecular flexibility index (Phi) is 4.91. The number of anilines is 2. The molecule has 1 aromatic heterocycles. The molecule has 3 rings (SSSR count). The number of nitrogens with zero attached hydrogens (tertiary/aromatic N) is 5. The highest BCUT2D eigenvalue weighted by molar-refractivity contribution is 7.89. The molecule has 0 radical (unpaired) electrons. The molecule has 2 heterocycles. The predicted octanol–water partition coefficient (Wildman–Crippen LogP) is 1.36. The molecule has 0 atom stereocenters. The van der Waals surface area contributed by atoms with Crippen LogP contribution in [0.3, 0.4) is 0 Å². The lowest BCUT2D eigenvalue weighted by atomic mass is 10.2. The van der Waals surface area contributed by atoms with Gasteiger partial charge in [0.05, 0.1) is 4.90 Å². The van der Waals surface area contributed by atoms with Crippen molar-refractivity contribution in [1.82, 2.24) is 14.5 Å². The van der Waals surface area contributed by atoms with Crippen molar-refractivity contribution in [1.29, 1.82) is 0 Å². The zero-order valence-corrected chi connectivity index (χ0v) is 15.6. The predicted molar refractivity (Wildman–Crippen MR) is 98.5 cm³/mol. The zero-order valence-electron chi connectivity index (χ0n) is 14.8. The van der Waals surface area contributed by atoms with Crippen LogP contribution in [0.25, 0.3) is 0 Å². The maximum atomic E-state index is 12.8. The number of rotatable bonds is 4. The van der Waals surface area contributed by atoms with E-state index in [1.54, 1.807) is 22.5 Å². The largest absolute Gasteiger partial charge is 0.361 e. The van der Waals surface area contributed by atoms with E-state index in [1.807, 2.05) is 44.1 Å². The Morgan fingerprint density at radius 1 is 1.00 bits per heavy atom. The van der Waals surface area contributed by atoms with Crippen LogP contribution in [0, 0.1) is 6.92 Å². The normalized spacial score (nSPS) is 16.0. The lowest BCUT2D eigenvalue weighted by molar-refractivity contribution is 0.383. The van der Waals surface area contributed by atoms with Crippen LogP contribution in [0.15, 0.2) is 41.3 Å². The SMILES string of the molecule is Cc1cccc(S(=O)(=O)N2CCN(c3ccc(N(C)C)nn3)CC2)c1. The molecule has 0 spiro atoms. The molecular weight excluding hydrogens is 338 g/mol. The topological polar surface area (TPSA) is 69.6 Å². The summed E-state index contributed by atoms with van der Waals surface area (Å²) in [5.41, 5.74) is 0.941. The molecule has 1 saturated heterocycles. The first kappa shape index (κ1) is 17.6. The van der Waals surface area contributed by atoms with Crippen molar-refractivity contribution in [3.05, 3.63) is 42.0 Å². The van der Waals surface area contributed by atoms with Crippen molar-refractivity contribution in [3.8, 4) is 0 Å². The van der Waals surface area contributed by atoms with Crippen LogP contribution in [0.1, 0.15) is 5.56 Å². The van der Waals surface area contributed by atoms with Crippen molar-refractivity contribution < 1.29 is 8.42 Å². The highest BCUT2D eigenvalue weighted by Gasteiger charge is 2.29.